The van der Waals surface area contributed by atoms with Gasteiger partial charge in [0, 0.05) is 13.0 Å². The Labute approximate surface area is 206 Å². The molecule has 2 atom stereocenters. The van der Waals surface area contributed by atoms with Gasteiger partial charge in [-0.05, 0) is 38.5 Å². The predicted octanol–water partition coefficient (Wildman–Crippen LogP) is 5.58. The monoisotopic (exact) mass is 505 g/mol. The zero-order valence-corrected chi connectivity index (χ0v) is 22.0. The Morgan fingerprint density at radius 2 is 1.50 bits per heavy atom. The standard InChI is InChI=1S/C25H48NO7P/c1-2-3-4-5-6-7-8-9-10-11-12-13-14-15-16-17-18-19-25(28)33-24(22-27)23-32-34(29,30)31-21-20-26/h6-7,9-10,24,27H,2-5,8,11-23,26H2,1H3,(H,29,30)/t24-/m1/s1. The Morgan fingerprint density at radius 1 is 0.912 bits per heavy atom. The van der Waals surface area contributed by atoms with Crippen LogP contribution in [-0.4, -0.2) is 48.4 Å². The van der Waals surface area contributed by atoms with Gasteiger partial charge in [-0.3, -0.25) is 13.8 Å². The Kier molecular flexibility index (Phi) is 23.0. The minimum atomic E-state index is -4.26. The van der Waals surface area contributed by atoms with Crippen LogP contribution < -0.4 is 5.73 Å². The maximum atomic E-state index is 11.9. The Morgan fingerprint density at radius 3 is 2.09 bits per heavy atom. The number of hydrogen-bond donors (Lipinski definition) is 3. The Bertz CT molecular complexity index is 584. The maximum Gasteiger partial charge on any atom is 0.472 e. The molecule has 200 valence electrons. The number of nitrogens with two attached hydrogens (primary N) is 1. The van der Waals surface area contributed by atoms with Crippen LogP contribution in [0.3, 0.4) is 0 Å². The van der Waals surface area contributed by atoms with Crippen LogP contribution in [0.25, 0.3) is 0 Å². The lowest BCUT2D eigenvalue weighted by Gasteiger charge is -2.17. The number of allylic oxidation sites excluding steroid dienone is 4. The predicted molar refractivity (Wildman–Crippen MR) is 136 cm³/mol. The van der Waals surface area contributed by atoms with Crippen LogP contribution in [0.4, 0.5) is 0 Å². The first-order valence-electron chi connectivity index (χ1n) is 12.9. The lowest BCUT2D eigenvalue weighted by molar-refractivity contribution is -0.153. The average Bonchev–Trinajstić information content (AvgIpc) is 2.82. The molecule has 0 aliphatic carbocycles. The van der Waals surface area contributed by atoms with Gasteiger partial charge < -0.3 is 20.5 Å². The van der Waals surface area contributed by atoms with Crippen molar-refractivity contribution < 1.29 is 33.1 Å². The summed E-state index contributed by atoms with van der Waals surface area (Å²) in [5, 5.41) is 9.27. The molecule has 0 saturated heterocycles. The quantitative estimate of drug-likeness (QED) is 0.0671. The Balaban J connectivity index is 3.62. The highest BCUT2D eigenvalue weighted by Gasteiger charge is 2.24. The van der Waals surface area contributed by atoms with Gasteiger partial charge in [0.15, 0.2) is 0 Å². The van der Waals surface area contributed by atoms with Crippen LogP contribution in [0.1, 0.15) is 96.8 Å². The van der Waals surface area contributed by atoms with E-state index in [4.69, 9.17) is 15.0 Å². The third-order valence-corrected chi connectivity index (χ3v) is 6.11. The van der Waals surface area contributed by atoms with Gasteiger partial charge in [0.25, 0.3) is 0 Å². The second kappa shape index (κ2) is 23.7. The molecule has 0 spiro atoms. The van der Waals surface area contributed by atoms with E-state index in [1.807, 2.05) is 0 Å². The van der Waals surface area contributed by atoms with Crippen molar-refractivity contribution in [3.8, 4) is 0 Å². The van der Waals surface area contributed by atoms with Gasteiger partial charge in [-0.1, -0.05) is 76.2 Å². The highest BCUT2D eigenvalue weighted by molar-refractivity contribution is 7.47. The normalized spacial score (nSPS) is 14.6. The van der Waals surface area contributed by atoms with E-state index in [0.29, 0.717) is 6.42 Å². The molecule has 0 aliphatic heterocycles. The van der Waals surface area contributed by atoms with Crippen LogP contribution in [0.2, 0.25) is 0 Å². The minimum Gasteiger partial charge on any atom is -0.457 e. The molecule has 9 heteroatoms. The first-order chi connectivity index (χ1) is 16.4. The maximum absolute atomic E-state index is 11.9. The van der Waals surface area contributed by atoms with Gasteiger partial charge in [-0.2, -0.15) is 0 Å². The second-order valence-corrected chi connectivity index (χ2v) is 9.82. The third kappa shape index (κ3) is 22.8. The molecule has 1 unspecified atom stereocenters. The summed E-state index contributed by atoms with van der Waals surface area (Å²) in [6.07, 6.45) is 23.1. The third-order valence-electron chi connectivity index (χ3n) is 5.13. The number of unbranched alkanes of at least 4 members (excludes halogenated alkanes) is 10. The van der Waals surface area contributed by atoms with Crippen LogP contribution >= 0.6 is 7.82 Å². The van der Waals surface area contributed by atoms with Gasteiger partial charge in [-0.25, -0.2) is 4.57 Å². The van der Waals surface area contributed by atoms with Crippen molar-refractivity contribution in [1.29, 1.82) is 0 Å². The molecule has 0 saturated carbocycles. The van der Waals surface area contributed by atoms with E-state index in [0.717, 1.165) is 32.1 Å². The van der Waals surface area contributed by atoms with E-state index in [9.17, 15) is 19.4 Å². The summed E-state index contributed by atoms with van der Waals surface area (Å²) in [6, 6.07) is 0. The van der Waals surface area contributed by atoms with Crippen molar-refractivity contribution in [3.05, 3.63) is 24.3 Å². The molecule has 4 N–H and O–H groups in total. The van der Waals surface area contributed by atoms with Crippen molar-refractivity contribution in [2.75, 3.05) is 26.4 Å². The molecule has 0 radical (unpaired) electrons. The molecular formula is C25H48NO7P. The molecular weight excluding hydrogens is 457 g/mol. The highest BCUT2D eigenvalue weighted by atomic mass is 31.2. The summed E-state index contributed by atoms with van der Waals surface area (Å²) < 4.78 is 25.9. The number of phosphoric ester groups is 1. The van der Waals surface area contributed by atoms with E-state index in [1.165, 1.54) is 44.9 Å². The van der Waals surface area contributed by atoms with Crippen molar-refractivity contribution >= 4 is 13.8 Å². The van der Waals surface area contributed by atoms with Crippen molar-refractivity contribution in [2.24, 2.45) is 5.73 Å². The van der Waals surface area contributed by atoms with Crippen molar-refractivity contribution in [2.45, 2.75) is 103 Å². The van der Waals surface area contributed by atoms with Crippen molar-refractivity contribution in [1.82, 2.24) is 0 Å². The Hall–Kier alpha value is -1.02. The summed E-state index contributed by atoms with van der Waals surface area (Å²) >= 11 is 0. The zero-order valence-electron chi connectivity index (χ0n) is 21.1. The zero-order chi connectivity index (χ0) is 25.3. The molecule has 0 amide bonds. The number of hydrogen-bond acceptors (Lipinski definition) is 7. The van der Waals surface area contributed by atoms with Crippen LogP contribution in [0, 0.1) is 0 Å². The van der Waals surface area contributed by atoms with Gasteiger partial charge in [-0.15, -0.1) is 0 Å². The number of aliphatic hydroxyl groups is 1. The van der Waals surface area contributed by atoms with E-state index < -0.39 is 33.1 Å². The summed E-state index contributed by atoms with van der Waals surface area (Å²) in [7, 11) is -4.26. The van der Waals surface area contributed by atoms with Crippen LogP contribution in [0.15, 0.2) is 24.3 Å². The molecule has 0 bridgehead atoms. The molecule has 0 rings (SSSR count). The number of ether oxygens (including phenoxy) is 1. The summed E-state index contributed by atoms with van der Waals surface area (Å²) in [5.41, 5.74) is 5.19. The number of phosphoric acid groups is 1. The van der Waals surface area contributed by atoms with E-state index in [2.05, 4.69) is 35.8 Å². The molecule has 0 aromatic carbocycles. The van der Waals surface area contributed by atoms with E-state index in [-0.39, 0.29) is 19.6 Å². The van der Waals surface area contributed by atoms with Gasteiger partial charge in [0.2, 0.25) is 0 Å². The van der Waals surface area contributed by atoms with Crippen molar-refractivity contribution in [3.63, 3.8) is 0 Å². The second-order valence-electron chi connectivity index (χ2n) is 8.37. The summed E-state index contributed by atoms with van der Waals surface area (Å²) in [6.45, 7) is 1.23. The number of rotatable bonds is 24. The fraction of sp³-hybridized carbons (Fsp3) is 0.800. The summed E-state index contributed by atoms with van der Waals surface area (Å²) in [5.74, 6) is -0.458. The SMILES string of the molecule is CCCCCC=CCC=CCCCCCCCCCC(=O)O[C@H](CO)COP(=O)(O)OCCN. The topological polar surface area (TPSA) is 128 Å². The molecule has 0 fully saturated rings. The molecule has 0 aliphatic rings. The number of esters is 1. The minimum absolute atomic E-state index is 0.0705. The molecule has 0 aromatic heterocycles. The summed E-state index contributed by atoms with van der Waals surface area (Å²) in [4.78, 5) is 21.3. The molecule has 34 heavy (non-hydrogen) atoms. The fourth-order valence-electron chi connectivity index (χ4n) is 3.19. The van der Waals surface area contributed by atoms with Crippen LogP contribution in [-0.2, 0) is 23.1 Å². The highest BCUT2D eigenvalue weighted by Crippen LogP contribution is 2.42. The fourth-order valence-corrected chi connectivity index (χ4v) is 3.95. The molecule has 0 heterocycles. The largest absolute Gasteiger partial charge is 0.472 e. The lowest BCUT2D eigenvalue weighted by Crippen LogP contribution is -2.27. The molecule has 0 aromatic rings. The number of carbonyl (C=O) groups is 1. The molecule has 8 nitrogen and oxygen atoms in total. The van der Waals surface area contributed by atoms with Crippen LogP contribution in [0.5, 0.6) is 0 Å². The first-order valence-corrected chi connectivity index (χ1v) is 14.4. The van der Waals surface area contributed by atoms with Gasteiger partial charge >= 0.3 is 13.8 Å². The smallest absolute Gasteiger partial charge is 0.457 e. The lowest BCUT2D eigenvalue weighted by atomic mass is 10.1. The first kappa shape index (κ1) is 33.0. The van der Waals surface area contributed by atoms with Gasteiger partial charge in [0.05, 0.1) is 19.8 Å². The van der Waals surface area contributed by atoms with Gasteiger partial charge in [0.1, 0.15) is 6.10 Å². The number of aliphatic hydroxyl groups excluding tert-OH is 1. The number of carbonyl (C=O) groups excluding carboxylic acids is 1. The average molecular weight is 506 g/mol. The van der Waals surface area contributed by atoms with E-state index >= 15 is 0 Å². The van der Waals surface area contributed by atoms with E-state index in [1.54, 1.807) is 0 Å².